The lowest BCUT2D eigenvalue weighted by Gasteiger charge is -2.11. The minimum Gasteiger partial charge on any atom is -0.480 e. The molecule has 1 amide bonds. The average Bonchev–Trinajstić information content (AvgIpc) is 2.87. The number of aryl methyl sites for hydroxylation is 1. The Hall–Kier alpha value is -2.07. The summed E-state index contributed by atoms with van der Waals surface area (Å²) >= 11 is 5.86. The highest BCUT2D eigenvalue weighted by Crippen LogP contribution is 2.28. The topological polar surface area (TPSA) is 51.2 Å². The molecule has 2 heterocycles. The highest BCUT2D eigenvalue weighted by molar-refractivity contribution is 6.30. The molecule has 1 unspecified atom stereocenters. The normalized spacial score (nSPS) is 16.4. The van der Waals surface area contributed by atoms with Crippen molar-refractivity contribution in [1.82, 2.24) is 4.98 Å². The minimum atomic E-state index is -0.497. The number of carbonyl (C=O) groups excluding carboxylic acids is 1. The Morgan fingerprint density at radius 1 is 1.45 bits per heavy atom. The van der Waals surface area contributed by atoms with Crippen LogP contribution in [0.4, 0.5) is 5.69 Å². The average molecular weight is 289 g/mol. The molecule has 0 bridgehead atoms. The van der Waals surface area contributed by atoms with Crippen molar-refractivity contribution in [1.29, 1.82) is 0 Å². The van der Waals surface area contributed by atoms with E-state index in [0.717, 1.165) is 16.9 Å². The van der Waals surface area contributed by atoms with E-state index in [1.807, 2.05) is 31.2 Å². The summed E-state index contributed by atoms with van der Waals surface area (Å²) in [6.07, 6.45) is 1.63. The Balaban J connectivity index is 1.71. The molecular weight excluding hydrogens is 276 g/mol. The van der Waals surface area contributed by atoms with Crippen LogP contribution in [0.2, 0.25) is 5.15 Å². The molecule has 0 saturated carbocycles. The Bertz CT molecular complexity index is 648. The van der Waals surface area contributed by atoms with Crippen LogP contribution in [0.3, 0.4) is 0 Å². The third kappa shape index (κ3) is 2.47. The van der Waals surface area contributed by atoms with E-state index < -0.39 is 6.10 Å². The van der Waals surface area contributed by atoms with Gasteiger partial charge in [0.05, 0.1) is 11.9 Å². The first-order valence-corrected chi connectivity index (χ1v) is 6.69. The molecule has 1 N–H and O–H groups in total. The van der Waals surface area contributed by atoms with Gasteiger partial charge in [-0.2, -0.15) is 0 Å². The van der Waals surface area contributed by atoms with Crippen LogP contribution in [0.25, 0.3) is 0 Å². The molecule has 4 nitrogen and oxygen atoms in total. The Morgan fingerprint density at radius 3 is 3.00 bits per heavy atom. The van der Waals surface area contributed by atoms with Crippen LogP contribution in [-0.4, -0.2) is 17.0 Å². The summed E-state index contributed by atoms with van der Waals surface area (Å²) < 4.78 is 5.64. The van der Waals surface area contributed by atoms with Gasteiger partial charge >= 0.3 is 0 Å². The standard InChI is InChI=1S/C15H13ClN2O2/c1-9-6-11(8-17-14(9)16)18-15(19)13-7-10-4-2-3-5-12(10)20-13/h2-6,8,13H,7H2,1H3,(H,18,19). The van der Waals surface area contributed by atoms with Gasteiger partial charge in [-0.05, 0) is 30.2 Å². The van der Waals surface area contributed by atoms with Crippen molar-refractivity contribution in [3.05, 3.63) is 52.8 Å². The second-order valence-electron chi connectivity index (χ2n) is 4.74. The summed E-state index contributed by atoms with van der Waals surface area (Å²) in [5.74, 6) is 0.600. The van der Waals surface area contributed by atoms with Gasteiger partial charge in [-0.25, -0.2) is 4.98 Å². The molecule has 0 spiro atoms. The molecule has 1 aliphatic rings. The lowest BCUT2D eigenvalue weighted by molar-refractivity contribution is -0.122. The van der Waals surface area contributed by atoms with Gasteiger partial charge in [0.2, 0.25) is 0 Å². The number of fused-ring (bicyclic) bond motifs is 1. The lowest BCUT2D eigenvalue weighted by atomic mass is 10.1. The fourth-order valence-corrected chi connectivity index (χ4v) is 2.28. The summed E-state index contributed by atoms with van der Waals surface area (Å²) in [5.41, 5.74) is 2.50. The van der Waals surface area contributed by atoms with Crippen molar-refractivity contribution in [2.75, 3.05) is 5.32 Å². The molecule has 1 atom stereocenters. The number of ether oxygens (including phenoxy) is 1. The zero-order valence-corrected chi connectivity index (χ0v) is 11.6. The first-order chi connectivity index (χ1) is 9.63. The molecule has 102 valence electrons. The van der Waals surface area contributed by atoms with Crippen molar-refractivity contribution in [3.63, 3.8) is 0 Å². The number of aromatic nitrogens is 1. The van der Waals surface area contributed by atoms with E-state index in [4.69, 9.17) is 16.3 Å². The number of nitrogens with zero attached hydrogens (tertiary/aromatic N) is 1. The fraction of sp³-hybridized carbons (Fsp3) is 0.200. The third-order valence-corrected chi connectivity index (χ3v) is 3.62. The number of carbonyl (C=O) groups is 1. The van der Waals surface area contributed by atoms with Crippen LogP contribution in [0.1, 0.15) is 11.1 Å². The van der Waals surface area contributed by atoms with E-state index in [0.29, 0.717) is 17.3 Å². The highest BCUT2D eigenvalue weighted by atomic mass is 35.5. The SMILES string of the molecule is Cc1cc(NC(=O)C2Cc3ccccc3O2)cnc1Cl. The van der Waals surface area contributed by atoms with Crippen LogP contribution in [-0.2, 0) is 11.2 Å². The number of hydrogen-bond donors (Lipinski definition) is 1. The molecular formula is C15H13ClN2O2. The van der Waals surface area contributed by atoms with E-state index in [-0.39, 0.29) is 5.91 Å². The molecule has 1 aromatic carbocycles. The third-order valence-electron chi connectivity index (χ3n) is 3.22. The molecule has 0 saturated heterocycles. The molecule has 0 aliphatic carbocycles. The first-order valence-electron chi connectivity index (χ1n) is 6.31. The van der Waals surface area contributed by atoms with Crippen molar-refractivity contribution < 1.29 is 9.53 Å². The number of hydrogen-bond acceptors (Lipinski definition) is 3. The van der Waals surface area contributed by atoms with E-state index in [9.17, 15) is 4.79 Å². The summed E-state index contributed by atoms with van der Waals surface area (Å²) in [6.45, 7) is 1.84. The number of nitrogens with one attached hydrogen (secondary N) is 1. The summed E-state index contributed by atoms with van der Waals surface area (Å²) in [6, 6.07) is 9.46. The smallest absolute Gasteiger partial charge is 0.265 e. The van der Waals surface area contributed by atoms with Gasteiger partial charge in [-0.1, -0.05) is 29.8 Å². The van der Waals surface area contributed by atoms with Crippen molar-refractivity contribution in [2.45, 2.75) is 19.4 Å². The van der Waals surface area contributed by atoms with Crippen molar-refractivity contribution in [3.8, 4) is 5.75 Å². The Labute approximate surface area is 121 Å². The van der Waals surface area contributed by atoms with Crippen molar-refractivity contribution >= 4 is 23.2 Å². The van der Waals surface area contributed by atoms with E-state index >= 15 is 0 Å². The highest BCUT2D eigenvalue weighted by Gasteiger charge is 2.28. The second kappa shape index (κ2) is 5.13. The maximum absolute atomic E-state index is 12.2. The zero-order chi connectivity index (χ0) is 14.1. The number of para-hydroxylation sites is 1. The second-order valence-corrected chi connectivity index (χ2v) is 5.10. The molecule has 0 radical (unpaired) electrons. The molecule has 1 aromatic heterocycles. The summed E-state index contributed by atoms with van der Waals surface area (Å²) in [4.78, 5) is 16.2. The van der Waals surface area contributed by atoms with Crippen LogP contribution in [0, 0.1) is 6.92 Å². The number of amides is 1. The molecule has 3 rings (SSSR count). The van der Waals surface area contributed by atoms with Crippen LogP contribution >= 0.6 is 11.6 Å². The van der Waals surface area contributed by atoms with Gasteiger partial charge in [0, 0.05) is 6.42 Å². The molecule has 0 fully saturated rings. The van der Waals surface area contributed by atoms with Gasteiger partial charge in [-0.3, -0.25) is 4.79 Å². The van der Waals surface area contributed by atoms with Gasteiger partial charge < -0.3 is 10.1 Å². The maximum atomic E-state index is 12.2. The first kappa shape index (κ1) is 12.9. The minimum absolute atomic E-state index is 0.176. The number of anilines is 1. The van der Waals surface area contributed by atoms with Crippen LogP contribution in [0.5, 0.6) is 5.75 Å². The Kier molecular flexibility index (Phi) is 3.32. The van der Waals surface area contributed by atoms with E-state index in [2.05, 4.69) is 10.3 Å². The summed E-state index contributed by atoms with van der Waals surface area (Å²) in [5, 5.41) is 3.24. The van der Waals surface area contributed by atoms with Gasteiger partial charge in [-0.15, -0.1) is 0 Å². The monoisotopic (exact) mass is 288 g/mol. The molecule has 20 heavy (non-hydrogen) atoms. The van der Waals surface area contributed by atoms with Crippen molar-refractivity contribution in [2.24, 2.45) is 0 Å². The number of pyridine rings is 1. The number of rotatable bonds is 2. The van der Waals surface area contributed by atoms with Crippen LogP contribution in [0.15, 0.2) is 36.5 Å². The van der Waals surface area contributed by atoms with Gasteiger partial charge in [0.15, 0.2) is 6.10 Å². The zero-order valence-electron chi connectivity index (χ0n) is 10.9. The number of halogens is 1. The molecule has 2 aromatic rings. The predicted octanol–water partition coefficient (Wildman–Crippen LogP) is 2.99. The predicted molar refractivity (Wildman–Crippen MR) is 77.2 cm³/mol. The lowest BCUT2D eigenvalue weighted by Crippen LogP contribution is -2.31. The molecule has 5 heteroatoms. The largest absolute Gasteiger partial charge is 0.480 e. The van der Waals surface area contributed by atoms with Gasteiger partial charge in [0.25, 0.3) is 5.91 Å². The van der Waals surface area contributed by atoms with E-state index in [1.165, 1.54) is 6.20 Å². The Morgan fingerprint density at radius 2 is 2.25 bits per heavy atom. The molecule has 1 aliphatic heterocycles. The van der Waals surface area contributed by atoms with Gasteiger partial charge in [0.1, 0.15) is 10.9 Å². The summed E-state index contributed by atoms with van der Waals surface area (Å²) in [7, 11) is 0. The van der Waals surface area contributed by atoms with Crippen LogP contribution < -0.4 is 10.1 Å². The van der Waals surface area contributed by atoms with E-state index in [1.54, 1.807) is 6.07 Å². The number of benzene rings is 1. The fourth-order valence-electron chi connectivity index (χ4n) is 2.18. The maximum Gasteiger partial charge on any atom is 0.265 e. The quantitative estimate of drug-likeness (QED) is 0.864.